The van der Waals surface area contributed by atoms with Crippen molar-refractivity contribution in [2.75, 3.05) is 53.1 Å². The summed E-state index contributed by atoms with van der Waals surface area (Å²) in [7, 11) is -2.85. The van der Waals surface area contributed by atoms with Gasteiger partial charge in [-0.1, -0.05) is 23.2 Å². The van der Waals surface area contributed by atoms with E-state index in [0.717, 1.165) is 18.8 Å². The van der Waals surface area contributed by atoms with Crippen molar-refractivity contribution in [2.45, 2.75) is 6.42 Å². The maximum absolute atomic E-state index is 13.0. The van der Waals surface area contributed by atoms with Crippen molar-refractivity contribution in [2.24, 2.45) is 0 Å². The lowest BCUT2D eigenvalue weighted by molar-refractivity contribution is 0.102. The van der Waals surface area contributed by atoms with Gasteiger partial charge in [0.2, 0.25) is 0 Å². The molecule has 10 heteroatoms. The summed E-state index contributed by atoms with van der Waals surface area (Å²) < 4.78 is 27.4. The van der Waals surface area contributed by atoms with Crippen LogP contribution in [0.3, 0.4) is 0 Å². The number of anilines is 3. The largest absolute Gasteiger partial charge is 0.378 e. The van der Waals surface area contributed by atoms with E-state index in [-0.39, 0.29) is 10.6 Å². The Morgan fingerprint density at radius 3 is 2.50 bits per heavy atom. The molecule has 2 aliphatic heterocycles. The van der Waals surface area contributed by atoms with Crippen LogP contribution in [0, 0.1) is 0 Å². The molecule has 0 unspecified atom stereocenters. The molecule has 2 saturated heterocycles. The lowest BCUT2D eigenvalue weighted by Crippen LogP contribution is -2.36. The molecule has 2 aromatic rings. The van der Waals surface area contributed by atoms with Gasteiger partial charge in [0, 0.05) is 36.0 Å². The molecule has 30 heavy (non-hydrogen) atoms. The Labute approximate surface area is 187 Å². The topological polar surface area (TPSA) is 85.3 Å². The van der Waals surface area contributed by atoms with E-state index in [1.54, 1.807) is 24.3 Å². The molecule has 2 fully saturated rings. The Morgan fingerprint density at radius 2 is 1.80 bits per heavy atom. The highest BCUT2D eigenvalue weighted by Crippen LogP contribution is 2.51. The molecular formula is C20H23Cl2N3O4S. The molecule has 0 bridgehead atoms. The summed E-state index contributed by atoms with van der Waals surface area (Å²) in [6, 6.07) is 10.3. The summed E-state index contributed by atoms with van der Waals surface area (Å²) in [5, 5.41) is 3.65. The lowest BCUT2D eigenvalue weighted by Gasteiger charge is -2.38. The number of nitrogens with zero attached hydrogens (tertiary/aromatic N) is 2. The minimum Gasteiger partial charge on any atom is -0.378 e. The predicted molar refractivity (Wildman–Crippen MR) is 124 cm³/mol. The predicted octanol–water partition coefficient (Wildman–Crippen LogP) is 4.96. The molecule has 0 atom stereocenters. The normalized spacial score (nSPS) is 19.6. The Hall–Kier alpha value is -1.68. The summed E-state index contributed by atoms with van der Waals surface area (Å²) >= 11 is 12.6. The van der Waals surface area contributed by atoms with E-state index < -0.39 is 16.7 Å². The van der Waals surface area contributed by atoms with E-state index in [2.05, 4.69) is 10.2 Å². The zero-order valence-electron chi connectivity index (χ0n) is 16.2. The fraction of sp³-hybridized carbons (Fsp3) is 0.350. The second-order valence-electron chi connectivity index (χ2n) is 7.21. The van der Waals surface area contributed by atoms with Gasteiger partial charge in [0.15, 0.2) is 0 Å². The Kier molecular flexibility index (Phi) is 6.34. The molecule has 0 spiro atoms. The molecule has 0 radical (unpaired) electrons. The zero-order chi connectivity index (χ0) is 21.3. The first-order valence-corrected chi connectivity index (χ1v) is 12.0. The summed E-state index contributed by atoms with van der Waals surface area (Å²) in [6.07, 6.45) is 0.680. The van der Waals surface area contributed by atoms with Crippen LogP contribution in [-0.4, -0.2) is 53.6 Å². The van der Waals surface area contributed by atoms with Crippen molar-refractivity contribution >= 4 is 56.9 Å². The van der Waals surface area contributed by atoms with Crippen molar-refractivity contribution in [1.82, 2.24) is 0 Å². The number of nitrogens with one attached hydrogen (secondary N) is 1. The number of hydrogen-bond acceptors (Lipinski definition) is 6. The number of amides is 1. The van der Waals surface area contributed by atoms with Crippen LogP contribution in [0.4, 0.5) is 17.1 Å². The third kappa shape index (κ3) is 4.64. The number of morpholine rings is 1. The molecule has 0 saturated carbocycles. The lowest BCUT2D eigenvalue weighted by atomic mass is 10.1. The van der Waals surface area contributed by atoms with Crippen molar-refractivity contribution in [3.63, 3.8) is 0 Å². The van der Waals surface area contributed by atoms with E-state index >= 15 is 0 Å². The van der Waals surface area contributed by atoms with E-state index in [1.807, 2.05) is 12.1 Å². The minimum absolute atomic E-state index is 0.254. The van der Waals surface area contributed by atoms with Crippen LogP contribution < -0.4 is 14.5 Å². The van der Waals surface area contributed by atoms with Crippen LogP contribution in [0.2, 0.25) is 10.0 Å². The zero-order valence-corrected chi connectivity index (χ0v) is 18.5. The first-order valence-electron chi connectivity index (χ1n) is 9.61. The van der Waals surface area contributed by atoms with Gasteiger partial charge >= 0.3 is 0 Å². The first-order chi connectivity index (χ1) is 14.3. The third-order valence-corrected chi connectivity index (χ3v) is 7.62. The van der Waals surface area contributed by atoms with E-state index in [0.29, 0.717) is 48.3 Å². The molecule has 1 amide bonds. The van der Waals surface area contributed by atoms with Crippen LogP contribution in [0.5, 0.6) is 0 Å². The molecule has 0 aliphatic carbocycles. The Bertz CT molecular complexity index is 954. The maximum atomic E-state index is 13.0. The summed E-state index contributed by atoms with van der Waals surface area (Å²) in [5.41, 5.74) is 2.28. The molecule has 4 rings (SSSR count). The van der Waals surface area contributed by atoms with Gasteiger partial charge in [-0.05, 0) is 42.8 Å². The smallest absolute Gasteiger partial charge is 0.257 e. The van der Waals surface area contributed by atoms with Crippen LogP contribution in [0.1, 0.15) is 16.8 Å². The number of rotatable bonds is 4. The average Bonchev–Trinajstić information content (AvgIpc) is 3.07. The second kappa shape index (κ2) is 8.82. The number of carbonyl (C=O) groups is 1. The molecule has 0 aromatic heterocycles. The molecule has 2 heterocycles. The first kappa shape index (κ1) is 21.5. The second-order valence-corrected chi connectivity index (χ2v) is 10.2. The molecule has 2 aromatic carbocycles. The van der Waals surface area contributed by atoms with Gasteiger partial charge in [0.1, 0.15) is 0 Å². The standard InChI is InChI=1S/C20H23Cl2N3O4S/c21-14-10-15(12-17(11-14)24-5-7-29-8-6-24)23-20(26)18-13-16(2-3-19(18)22)25-4-1-9-30(25,27)28/h2-3,10-13,27-28H,1,4-9H2,(H,23,26). The van der Waals surface area contributed by atoms with Gasteiger partial charge in [-0.2, -0.15) is 0 Å². The number of halogens is 2. The maximum Gasteiger partial charge on any atom is 0.257 e. The quantitative estimate of drug-likeness (QED) is 0.584. The highest BCUT2D eigenvalue weighted by Gasteiger charge is 2.29. The van der Waals surface area contributed by atoms with E-state index in [1.165, 1.54) is 4.31 Å². The number of hydrogen-bond donors (Lipinski definition) is 3. The summed E-state index contributed by atoms with van der Waals surface area (Å²) in [4.78, 5) is 15.1. The molecule has 7 nitrogen and oxygen atoms in total. The fourth-order valence-corrected chi connectivity index (χ4v) is 5.69. The van der Waals surface area contributed by atoms with Crippen molar-refractivity contribution in [1.29, 1.82) is 0 Å². The van der Waals surface area contributed by atoms with Gasteiger partial charge in [0.05, 0.1) is 35.2 Å². The fourth-order valence-electron chi connectivity index (χ4n) is 3.65. The molecule has 162 valence electrons. The van der Waals surface area contributed by atoms with Gasteiger partial charge < -0.3 is 15.0 Å². The highest BCUT2D eigenvalue weighted by molar-refractivity contribution is 8.25. The van der Waals surface area contributed by atoms with Crippen molar-refractivity contribution in [3.8, 4) is 0 Å². The third-order valence-electron chi connectivity index (χ3n) is 5.13. The average molecular weight is 472 g/mol. The van der Waals surface area contributed by atoms with Gasteiger partial charge in [-0.3, -0.25) is 18.2 Å². The number of ether oxygens (including phenoxy) is 1. The van der Waals surface area contributed by atoms with Crippen LogP contribution in [-0.2, 0) is 4.74 Å². The summed E-state index contributed by atoms with van der Waals surface area (Å²) in [6.45, 7) is 3.31. The highest BCUT2D eigenvalue weighted by atomic mass is 35.5. The van der Waals surface area contributed by atoms with E-state index in [9.17, 15) is 13.9 Å². The summed E-state index contributed by atoms with van der Waals surface area (Å²) in [5.74, 6) is -0.0722. The Balaban J connectivity index is 1.57. The molecular weight excluding hydrogens is 449 g/mol. The van der Waals surface area contributed by atoms with Crippen LogP contribution in [0.15, 0.2) is 36.4 Å². The van der Waals surface area contributed by atoms with Gasteiger partial charge in [-0.15, -0.1) is 10.8 Å². The minimum atomic E-state index is -2.85. The monoisotopic (exact) mass is 471 g/mol. The molecule has 2 aliphatic rings. The van der Waals surface area contributed by atoms with Gasteiger partial charge in [-0.25, -0.2) is 0 Å². The van der Waals surface area contributed by atoms with Crippen LogP contribution >= 0.6 is 34.0 Å². The molecule has 3 N–H and O–H groups in total. The number of carbonyl (C=O) groups excluding carboxylic acids is 1. The van der Waals surface area contributed by atoms with Crippen molar-refractivity contribution < 1.29 is 18.6 Å². The SMILES string of the molecule is O=C(Nc1cc(Cl)cc(N2CCOCC2)c1)c1cc(N2CCCS2(O)O)ccc1Cl. The van der Waals surface area contributed by atoms with Gasteiger partial charge in [0.25, 0.3) is 5.91 Å². The van der Waals surface area contributed by atoms with E-state index in [4.69, 9.17) is 27.9 Å². The Morgan fingerprint density at radius 1 is 1.03 bits per heavy atom. The van der Waals surface area contributed by atoms with Crippen LogP contribution in [0.25, 0.3) is 0 Å². The number of benzene rings is 2. The van der Waals surface area contributed by atoms with Crippen molar-refractivity contribution in [3.05, 3.63) is 52.0 Å².